The molecule has 0 amide bonds. The summed E-state index contributed by atoms with van der Waals surface area (Å²) >= 11 is 1.29. The molecule has 0 saturated carbocycles. The summed E-state index contributed by atoms with van der Waals surface area (Å²) in [5.41, 5.74) is 3.27. The van der Waals surface area contributed by atoms with Crippen LogP contribution in [0.4, 0.5) is 0 Å². The van der Waals surface area contributed by atoms with Gasteiger partial charge in [0.15, 0.2) is 16.3 Å². The van der Waals surface area contributed by atoms with E-state index >= 15 is 0 Å². The van der Waals surface area contributed by atoms with E-state index in [-0.39, 0.29) is 12.2 Å². The van der Waals surface area contributed by atoms with E-state index in [0.29, 0.717) is 38.7 Å². The quantitative estimate of drug-likeness (QED) is 0.308. The van der Waals surface area contributed by atoms with Gasteiger partial charge in [0.2, 0.25) is 0 Å². The number of benzene rings is 3. The van der Waals surface area contributed by atoms with Crippen molar-refractivity contribution < 1.29 is 19.0 Å². The molecule has 0 unspecified atom stereocenters. The Morgan fingerprint density at radius 3 is 2.44 bits per heavy atom. The zero-order valence-corrected chi connectivity index (χ0v) is 22.7. The van der Waals surface area contributed by atoms with E-state index < -0.39 is 12.0 Å². The van der Waals surface area contributed by atoms with E-state index in [4.69, 9.17) is 19.2 Å². The third-order valence-electron chi connectivity index (χ3n) is 6.38. The molecule has 0 bridgehead atoms. The van der Waals surface area contributed by atoms with Gasteiger partial charge in [-0.15, -0.1) is 0 Å². The Kier molecular flexibility index (Phi) is 7.74. The number of esters is 1. The number of allylic oxidation sites excluding steroid dienone is 1. The van der Waals surface area contributed by atoms with Crippen molar-refractivity contribution in [3.05, 3.63) is 121 Å². The highest BCUT2D eigenvalue weighted by molar-refractivity contribution is 7.07. The van der Waals surface area contributed by atoms with E-state index in [1.54, 1.807) is 21.0 Å². The number of carbonyl (C=O) groups is 1. The van der Waals surface area contributed by atoms with Gasteiger partial charge in [-0.2, -0.15) is 0 Å². The average molecular weight is 541 g/mol. The summed E-state index contributed by atoms with van der Waals surface area (Å²) in [7, 11) is 1.57. The fraction of sp³-hybridized carbons (Fsp3) is 0.194. The minimum Gasteiger partial charge on any atom is -0.493 e. The van der Waals surface area contributed by atoms with Crippen LogP contribution < -0.4 is 24.4 Å². The zero-order chi connectivity index (χ0) is 27.4. The molecule has 198 valence electrons. The normalized spacial score (nSPS) is 14.9. The largest absolute Gasteiger partial charge is 0.493 e. The lowest BCUT2D eigenvalue weighted by Gasteiger charge is -2.23. The Morgan fingerprint density at radius 1 is 1.03 bits per heavy atom. The number of aromatic nitrogens is 1. The second-order valence-electron chi connectivity index (χ2n) is 8.88. The second kappa shape index (κ2) is 11.5. The molecule has 39 heavy (non-hydrogen) atoms. The van der Waals surface area contributed by atoms with Gasteiger partial charge in [-0.1, -0.05) is 78.1 Å². The molecule has 1 atom stereocenters. The molecule has 0 radical (unpaired) electrons. The lowest BCUT2D eigenvalue weighted by atomic mass is 9.96. The van der Waals surface area contributed by atoms with E-state index in [2.05, 4.69) is 0 Å². The monoisotopic (exact) mass is 540 g/mol. The lowest BCUT2D eigenvalue weighted by molar-refractivity contribution is -0.138. The number of rotatable bonds is 8. The van der Waals surface area contributed by atoms with Gasteiger partial charge in [-0.05, 0) is 48.7 Å². The summed E-state index contributed by atoms with van der Waals surface area (Å²) in [6, 6.07) is 24.3. The molecule has 1 aromatic heterocycles. The molecule has 3 aromatic carbocycles. The zero-order valence-electron chi connectivity index (χ0n) is 21.9. The van der Waals surface area contributed by atoms with Crippen LogP contribution in [-0.4, -0.2) is 24.3 Å². The Hall–Kier alpha value is -4.43. The maximum atomic E-state index is 13.4. The van der Waals surface area contributed by atoms with Gasteiger partial charge in [-0.25, -0.2) is 9.79 Å². The van der Waals surface area contributed by atoms with Crippen LogP contribution in [0.3, 0.4) is 0 Å². The summed E-state index contributed by atoms with van der Waals surface area (Å²) in [6.45, 7) is 4.10. The average Bonchev–Trinajstić information content (AvgIpc) is 3.27. The van der Waals surface area contributed by atoms with Crippen LogP contribution in [-0.2, 0) is 16.1 Å². The first-order chi connectivity index (χ1) is 19.0. The van der Waals surface area contributed by atoms with Gasteiger partial charge in [-0.3, -0.25) is 9.36 Å². The molecular formula is C31H28N2O5S. The molecule has 5 rings (SSSR count). The summed E-state index contributed by atoms with van der Waals surface area (Å²) in [4.78, 5) is 32.0. The van der Waals surface area contributed by atoms with E-state index in [1.807, 2.05) is 84.9 Å². The molecular weight excluding hydrogens is 512 g/mol. The van der Waals surface area contributed by atoms with Crippen LogP contribution in [0.5, 0.6) is 11.5 Å². The first kappa shape index (κ1) is 26.2. The summed E-state index contributed by atoms with van der Waals surface area (Å²) in [5.74, 6) is 0.586. The van der Waals surface area contributed by atoms with Gasteiger partial charge in [0, 0.05) is 5.70 Å². The Bertz CT molecular complexity index is 1710. The number of methoxy groups -OCH3 is 1. The molecule has 0 spiro atoms. The van der Waals surface area contributed by atoms with Gasteiger partial charge < -0.3 is 14.2 Å². The van der Waals surface area contributed by atoms with Crippen LogP contribution in [0.15, 0.2) is 94.2 Å². The molecule has 4 aromatic rings. The minimum absolute atomic E-state index is 0.205. The predicted molar refractivity (Wildman–Crippen MR) is 151 cm³/mol. The van der Waals surface area contributed by atoms with Gasteiger partial charge in [0.05, 0.1) is 23.8 Å². The maximum Gasteiger partial charge on any atom is 0.338 e. The fourth-order valence-electron chi connectivity index (χ4n) is 4.47. The minimum atomic E-state index is -0.677. The molecule has 1 aliphatic heterocycles. The topological polar surface area (TPSA) is 79.1 Å². The number of hydrogen-bond donors (Lipinski definition) is 0. The molecule has 0 aliphatic carbocycles. The molecule has 2 heterocycles. The van der Waals surface area contributed by atoms with Crippen molar-refractivity contribution in [1.82, 2.24) is 4.57 Å². The van der Waals surface area contributed by atoms with Gasteiger partial charge in [0.1, 0.15) is 12.6 Å². The highest BCUT2D eigenvalue weighted by atomic mass is 32.1. The predicted octanol–water partition coefficient (Wildman–Crippen LogP) is 4.49. The van der Waals surface area contributed by atoms with E-state index in [1.165, 1.54) is 15.9 Å². The van der Waals surface area contributed by atoms with Gasteiger partial charge in [0.25, 0.3) is 5.56 Å². The number of nitrogens with zero attached hydrogens (tertiary/aromatic N) is 2. The van der Waals surface area contributed by atoms with Crippen LogP contribution in [0.2, 0.25) is 0 Å². The molecule has 0 N–H and O–H groups in total. The molecule has 7 nitrogen and oxygen atoms in total. The molecule has 0 saturated heterocycles. The number of thiazole rings is 1. The third kappa shape index (κ3) is 5.42. The van der Waals surface area contributed by atoms with Crippen LogP contribution in [0.25, 0.3) is 11.8 Å². The van der Waals surface area contributed by atoms with Crippen molar-refractivity contribution in [3.8, 4) is 11.5 Å². The van der Waals surface area contributed by atoms with Crippen LogP contribution >= 0.6 is 11.3 Å². The molecule has 1 aliphatic rings. The number of hydrogen-bond acceptors (Lipinski definition) is 7. The number of carbonyl (C=O) groups excluding carboxylic acids is 1. The van der Waals surface area contributed by atoms with Crippen molar-refractivity contribution in [2.75, 3.05) is 13.7 Å². The Labute approximate surface area is 229 Å². The summed E-state index contributed by atoms with van der Waals surface area (Å²) in [6.07, 6.45) is 1.84. The number of ether oxygens (including phenoxy) is 3. The number of fused-ring (bicyclic) bond motifs is 1. The molecule has 0 fully saturated rings. The van der Waals surface area contributed by atoms with E-state index in [0.717, 1.165) is 16.7 Å². The SMILES string of the molecule is CCOC(=O)C1=C(C)n2c(s/c(=C\c3ccccc3)c2=O)=N[C@H]1c1ccc(OCc2ccccc2)c(OC)c1. The second-order valence-corrected chi connectivity index (χ2v) is 9.89. The van der Waals surface area contributed by atoms with Crippen LogP contribution in [0.1, 0.15) is 36.6 Å². The molecule has 8 heteroatoms. The van der Waals surface area contributed by atoms with Gasteiger partial charge >= 0.3 is 5.97 Å². The van der Waals surface area contributed by atoms with E-state index in [9.17, 15) is 9.59 Å². The van der Waals surface area contributed by atoms with Crippen LogP contribution in [0, 0.1) is 0 Å². The Balaban J connectivity index is 1.59. The van der Waals surface area contributed by atoms with Crippen molar-refractivity contribution in [1.29, 1.82) is 0 Å². The fourth-order valence-corrected chi connectivity index (χ4v) is 5.51. The summed E-state index contributed by atoms with van der Waals surface area (Å²) in [5, 5.41) is 0. The first-order valence-electron chi connectivity index (χ1n) is 12.6. The maximum absolute atomic E-state index is 13.4. The van der Waals surface area contributed by atoms with Crippen molar-refractivity contribution in [2.24, 2.45) is 4.99 Å². The standard InChI is InChI=1S/C31H28N2O5S/c1-4-37-30(35)27-20(2)33-29(34)26(17-21-11-7-5-8-12-21)39-31(33)32-28(27)23-15-16-24(25(18-23)36-3)38-19-22-13-9-6-10-14-22/h5-18,28H,4,19H2,1-3H3/b26-17-/t28-/m0/s1. The first-order valence-corrected chi connectivity index (χ1v) is 13.4. The summed E-state index contributed by atoms with van der Waals surface area (Å²) < 4.78 is 19.1. The van der Waals surface area contributed by atoms with Crippen molar-refractivity contribution in [2.45, 2.75) is 26.5 Å². The van der Waals surface area contributed by atoms with Crippen molar-refractivity contribution >= 4 is 29.1 Å². The Morgan fingerprint density at radius 2 is 1.74 bits per heavy atom. The highest BCUT2D eigenvalue weighted by Gasteiger charge is 2.32. The lowest BCUT2D eigenvalue weighted by Crippen LogP contribution is -2.35. The highest BCUT2D eigenvalue weighted by Crippen LogP contribution is 2.37. The smallest absolute Gasteiger partial charge is 0.338 e. The third-order valence-corrected chi connectivity index (χ3v) is 7.36. The van der Waals surface area contributed by atoms with Crippen molar-refractivity contribution in [3.63, 3.8) is 0 Å².